The number of nitrogens with zero attached hydrogens (tertiary/aromatic N) is 3. The Morgan fingerprint density at radius 3 is 2.69 bits per heavy atom. The predicted molar refractivity (Wildman–Crippen MR) is 113 cm³/mol. The van der Waals surface area contributed by atoms with Crippen molar-refractivity contribution >= 4 is 17.5 Å². The van der Waals surface area contributed by atoms with Crippen molar-refractivity contribution < 1.29 is 9.59 Å². The van der Waals surface area contributed by atoms with E-state index in [4.69, 9.17) is 0 Å². The third-order valence-corrected chi connectivity index (χ3v) is 5.80. The van der Waals surface area contributed by atoms with E-state index in [1.807, 2.05) is 47.4 Å². The van der Waals surface area contributed by atoms with Crippen LogP contribution in [-0.2, 0) is 11.3 Å². The maximum Gasteiger partial charge on any atom is 0.254 e. The van der Waals surface area contributed by atoms with E-state index in [9.17, 15) is 9.59 Å². The van der Waals surface area contributed by atoms with Gasteiger partial charge < -0.3 is 15.1 Å². The molecule has 2 fully saturated rings. The summed E-state index contributed by atoms with van der Waals surface area (Å²) in [5.41, 5.74) is 2.44. The van der Waals surface area contributed by atoms with Gasteiger partial charge >= 0.3 is 0 Å². The molecule has 3 heterocycles. The smallest absolute Gasteiger partial charge is 0.254 e. The molecule has 6 heteroatoms. The molecule has 0 aliphatic carbocycles. The topological polar surface area (TPSA) is 65.5 Å². The van der Waals surface area contributed by atoms with Crippen LogP contribution < -0.4 is 10.2 Å². The van der Waals surface area contributed by atoms with E-state index >= 15 is 0 Å². The highest BCUT2D eigenvalue weighted by Gasteiger charge is 2.27. The van der Waals surface area contributed by atoms with Gasteiger partial charge in [-0.05, 0) is 75.2 Å². The molecule has 1 unspecified atom stereocenters. The first-order chi connectivity index (χ1) is 14.2. The molecular formula is C23H28N4O2. The molecule has 6 nitrogen and oxygen atoms in total. The van der Waals surface area contributed by atoms with Crippen LogP contribution in [0.25, 0.3) is 0 Å². The lowest BCUT2D eigenvalue weighted by atomic mass is 10.0. The van der Waals surface area contributed by atoms with Crippen molar-refractivity contribution in [1.82, 2.24) is 15.2 Å². The van der Waals surface area contributed by atoms with Crippen molar-refractivity contribution in [3.05, 3.63) is 59.9 Å². The van der Waals surface area contributed by atoms with Gasteiger partial charge in [-0.1, -0.05) is 6.07 Å². The van der Waals surface area contributed by atoms with Gasteiger partial charge in [-0.2, -0.15) is 0 Å². The minimum absolute atomic E-state index is 0.0295. The highest BCUT2D eigenvalue weighted by atomic mass is 16.2. The second-order valence-corrected chi connectivity index (χ2v) is 7.78. The van der Waals surface area contributed by atoms with Gasteiger partial charge in [-0.15, -0.1) is 0 Å². The third-order valence-electron chi connectivity index (χ3n) is 5.80. The van der Waals surface area contributed by atoms with Gasteiger partial charge in [-0.25, -0.2) is 0 Å². The summed E-state index contributed by atoms with van der Waals surface area (Å²) in [4.78, 5) is 33.7. The van der Waals surface area contributed by atoms with Crippen LogP contribution in [0.15, 0.2) is 48.7 Å². The molecule has 1 aromatic heterocycles. The molecule has 2 saturated heterocycles. The van der Waals surface area contributed by atoms with Gasteiger partial charge in [0, 0.05) is 36.5 Å². The lowest BCUT2D eigenvalue weighted by Crippen LogP contribution is -2.40. The van der Waals surface area contributed by atoms with Crippen molar-refractivity contribution in [3.63, 3.8) is 0 Å². The molecule has 1 N–H and O–H groups in total. The summed E-state index contributed by atoms with van der Waals surface area (Å²) in [6.45, 7) is 3.19. The Hall–Kier alpha value is -2.73. The maximum absolute atomic E-state index is 13.5. The molecule has 29 heavy (non-hydrogen) atoms. The van der Waals surface area contributed by atoms with Crippen molar-refractivity contribution in [3.8, 4) is 0 Å². The van der Waals surface area contributed by atoms with E-state index in [1.165, 1.54) is 0 Å². The number of carbonyl (C=O) groups is 2. The number of hydrogen-bond donors (Lipinski definition) is 1. The zero-order valence-electron chi connectivity index (χ0n) is 16.7. The highest BCUT2D eigenvalue weighted by molar-refractivity contribution is 5.97. The molecule has 2 aromatic rings. The van der Waals surface area contributed by atoms with E-state index in [1.54, 1.807) is 11.1 Å². The standard InChI is InChI=1S/C23H28N4O2/c28-22-7-4-16-26(22)21-10-8-18(9-11-21)23(29)27(17-19-5-1-2-14-25-19)20-6-3-13-24-15-12-20/h1-2,5,8-11,14,20,24H,3-4,6-7,12-13,15-17H2. The van der Waals surface area contributed by atoms with Crippen molar-refractivity contribution in [2.24, 2.45) is 0 Å². The minimum atomic E-state index is 0.0295. The van der Waals surface area contributed by atoms with E-state index < -0.39 is 0 Å². The number of carbonyl (C=O) groups excluding carboxylic acids is 2. The Morgan fingerprint density at radius 2 is 1.97 bits per heavy atom. The van der Waals surface area contributed by atoms with E-state index in [0.29, 0.717) is 18.5 Å². The number of anilines is 1. The number of amides is 2. The molecule has 2 aliphatic rings. The quantitative estimate of drug-likeness (QED) is 0.850. The first-order valence-corrected chi connectivity index (χ1v) is 10.5. The average Bonchev–Trinajstić information content (AvgIpc) is 3.01. The molecule has 0 radical (unpaired) electrons. The van der Waals surface area contributed by atoms with Gasteiger partial charge in [-0.3, -0.25) is 14.6 Å². The summed E-state index contributed by atoms with van der Waals surface area (Å²) in [6.07, 6.45) is 6.27. The fourth-order valence-electron chi connectivity index (χ4n) is 4.22. The number of rotatable bonds is 5. The Kier molecular flexibility index (Phi) is 6.20. The monoisotopic (exact) mass is 392 g/mol. The Morgan fingerprint density at radius 1 is 1.10 bits per heavy atom. The predicted octanol–water partition coefficient (Wildman–Crippen LogP) is 2.99. The lowest BCUT2D eigenvalue weighted by molar-refractivity contribution is -0.117. The van der Waals surface area contributed by atoms with Gasteiger partial charge in [0.2, 0.25) is 5.91 Å². The second kappa shape index (κ2) is 9.18. The van der Waals surface area contributed by atoms with Crippen LogP contribution >= 0.6 is 0 Å². The molecular weight excluding hydrogens is 364 g/mol. The summed E-state index contributed by atoms with van der Waals surface area (Å²) in [5, 5.41) is 3.43. The molecule has 2 amide bonds. The number of aromatic nitrogens is 1. The van der Waals surface area contributed by atoms with Crippen LogP contribution in [0.5, 0.6) is 0 Å². The Labute approximate surface area is 171 Å². The van der Waals surface area contributed by atoms with E-state index in [2.05, 4.69) is 10.3 Å². The van der Waals surface area contributed by atoms with Crippen LogP contribution in [0.3, 0.4) is 0 Å². The van der Waals surface area contributed by atoms with Crippen LogP contribution in [0.2, 0.25) is 0 Å². The average molecular weight is 393 g/mol. The van der Waals surface area contributed by atoms with Crippen LogP contribution in [0.1, 0.15) is 48.2 Å². The van der Waals surface area contributed by atoms with E-state index in [-0.39, 0.29) is 17.9 Å². The van der Waals surface area contributed by atoms with Crippen molar-refractivity contribution in [2.45, 2.75) is 44.7 Å². The fourth-order valence-corrected chi connectivity index (χ4v) is 4.22. The molecule has 1 aromatic carbocycles. The van der Waals surface area contributed by atoms with Crippen LogP contribution in [-0.4, -0.2) is 47.4 Å². The molecule has 0 saturated carbocycles. The first-order valence-electron chi connectivity index (χ1n) is 10.5. The Bertz CT molecular complexity index is 830. The largest absolute Gasteiger partial charge is 0.330 e. The zero-order chi connectivity index (χ0) is 20.1. The number of hydrogen-bond acceptors (Lipinski definition) is 4. The molecule has 4 rings (SSSR count). The van der Waals surface area contributed by atoms with Crippen LogP contribution in [0.4, 0.5) is 5.69 Å². The molecule has 1 atom stereocenters. The fraction of sp³-hybridized carbons (Fsp3) is 0.435. The van der Waals surface area contributed by atoms with Crippen LogP contribution in [0, 0.1) is 0 Å². The Balaban J connectivity index is 1.55. The second-order valence-electron chi connectivity index (χ2n) is 7.78. The maximum atomic E-state index is 13.5. The zero-order valence-corrected chi connectivity index (χ0v) is 16.7. The SMILES string of the molecule is O=C1CCCN1c1ccc(C(=O)N(Cc2ccccn2)C2CCCNCC2)cc1. The third kappa shape index (κ3) is 4.65. The van der Waals surface area contributed by atoms with E-state index in [0.717, 1.165) is 56.7 Å². The number of nitrogens with one attached hydrogen (secondary N) is 1. The molecule has 0 bridgehead atoms. The summed E-state index contributed by atoms with van der Waals surface area (Å²) < 4.78 is 0. The summed E-state index contributed by atoms with van der Waals surface area (Å²) >= 11 is 0. The van der Waals surface area contributed by atoms with Gasteiger partial charge in [0.1, 0.15) is 0 Å². The lowest BCUT2D eigenvalue weighted by Gasteiger charge is -2.31. The summed E-state index contributed by atoms with van der Waals surface area (Å²) in [6, 6.07) is 13.5. The first kappa shape index (κ1) is 19.6. The van der Waals surface area contributed by atoms with Crippen molar-refractivity contribution in [2.75, 3.05) is 24.5 Å². The van der Waals surface area contributed by atoms with Gasteiger partial charge in [0.15, 0.2) is 0 Å². The normalized spacial score (nSPS) is 19.8. The molecule has 2 aliphatic heterocycles. The van der Waals surface area contributed by atoms with Crippen molar-refractivity contribution in [1.29, 1.82) is 0 Å². The van der Waals surface area contributed by atoms with Gasteiger partial charge in [0.25, 0.3) is 5.91 Å². The number of benzene rings is 1. The summed E-state index contributed by atoms with van der Waals surface area (Å²) in [5.74, 6) is 0.189. The summed E-state index contributed by atoms with van der Waals surface area (Å²) in [7, 11) is 0. The minimum Gasteiger partial charge on any atom is -0.330 e. The van der Waals surface area contributed by atoms with Gasteiger partial charge in [0.05, 0.1) is 12.2 Å². The highest BCUT2D eigenvalue weighted by Crippen LogP contribution is 2.24. The molecule has 0 spiro atoms. The molecule has 152 valence electrons. The number of pyridine rings is 1.